The van der Waals surface area contributed by atoms with Gasteiger partial charge in [-0.1, -0.05) is 29.8 Å². The highest BCUT2D eigenvalue weighted by Crippen LogP contribution is 2.28. The van der Waals surface area contributed by atoms with Crippen molar-refractivity contribution in [3.05, 3.63) is 57.4 Å². The molecule has 4 heteroatoms. The molecule has 2 N–H and O–H groups in total. The normalized spacial score (nSPS) is 12.7. The van der Waals surface area contributed by atoms with Gasteiger partial charge < -0.3 is 10.2 Å². The van der Waals surface area contributed by atoms with E-state index in [2.05, 4.69) is 15.9 Å². The first-order valence-electron chi connectivity index (χ1n) is 4.43. The van der Waals surface area contributed by atoms with Gasteiger partial charge in [0.05, 0.1) is 6.04 Å². The third kappa shape index (κ3) is 2.25. The number of benzene rings is 1. The van der Waals surface area contributed by atoms with Gasteiger partial charge in [-0.2, -0.15) is 0 Å². The van der Waals surface area contributed by atoms with Crippen LogP contribution in [0.1, 0.15) is 17.4 Å². The quantitative estimate of drug-likeness (QED) is 0.913. The lowest BCUT2D eigenvalue weighted by atomic mass is 10.1. The lowest BCUT2D eigenvalue weighted by Crippen LogP contribution is -2.11. The Bertz CT molecular complexity index is 469. The average molecular weight is 287 g/mol. The van der Waals surface area contributed by atoms with Crippen LogP contribution in [0.4, 0.5) is 0 Å². The summed E-state index contributed by atoms with van der Waals surface area (Å²) >= 11 is 9.28. The van der Waals surface area contributed by atoms with E-state index in [9.17, 15) is 0 Å². The monoisotopic (exact) mass is 285 g/mol. The molecule has 2 aromatic rings. The highest BCUT2D eigenvalue weighted by Gasteiger charge is 2.15. The summed E-state index contributed by atoms with van der Waals surface area (Å²) in [5.41, 5.74) is 6.89. The van der Waals surface area contributed by atoms with Gasteiger partial charge in [-0.15, -0.1) is 0 Å². The van der Waals surface area contributed by atoms with Crippen LogP contribution in [0.3, 0.4) is 0 Å². The van der Waals surface area contributed by atoms with Crippen molar-refractivity contribution in [3.8, 4) is 0 Å². The zero-order valence-electron chi connectivity index (χ0n) is 7.78. The molecule has 0 saturated heterocycles. The Balaban J connectivity index is 2.36. The Kier molecular flexibility index (Phi) is 3.14. The first kappa shape index (κ1) is 10.7. The van der Waals surface area contributed by atoms with Crippen molar-refractivity contribution in [1.29, 1.82) is 0 Å². The molecule has 2 rings (SSSR count). The molecular formula is C11H9BrClNO. The van der Waals surface area contributed by atoms with Gasteiger partial charge in [-0.05, 0) is 39.7 Å². The van der Waals surface area contributed by atoms with E-state index in [1.165, 1.54) is 0 Å². The smallest absolute Gasteiger partial charge is 0.169 e. The second-order valence-electron chi connectivity index (χ2n) is 3.14. The standard InChI is InChI=1S/C11H9BrClNO/c12-10-6-5-9(15-10)11(14)7-3-1-2-4-8(7)13/h1-6,11H,14H2. The molecule has 78 valence electrons. The van der Waals surface area contributed by atoms with Gasteiger partial charge in [0.1, 0.15) is 5.76 Å². The van der Waals surface area contributed by atoms with Gasteiger partial charge >= 0.3 is 0 Å². The second-order valence-corrected chi connectivity index (χ2v) is 4.33. The Morgan fingerprint density at radius 3 is 2.53 bits per heavy atom. The van der Waals surface area contributed by atoms with E-state index in [0.717, 1.165) is 5.56 Å². The molecule has 2 nitrogen and oxygen atoms in total. The fraction of sp³-hybridized carbons (Fsp3) is 0.0909. The van der Waals surface area contributed by atoms with Crippen molar-refractivity contribution in [2.45, 2.75) is 6.04 Å². The summed E-state index contributed by atoms with van der Waals surface area (Å²) in [7, 11) is 0. The van der Waals surface area contributed by atoms with E-state index < -0.39 is 0 Å². The first-order valence-corrected chi connectivity index (χ1v) is 5.61. The highest BCUT2D eigenvalue weighted by atomic mass is 79.9. The van der Waals surface area contributed by atoms with Gasteiger partial charge in [0.25, 0.3) is 0 Å². The number of rotatable bonds is 2. The summed E-state index contributed by atoms with van der Waals surface area (Å²) in [5, 5.41) is 0.650. The number of furan rings is 1. The van der Waals surface area contributed by atoms with Gasteiger partial charge in [0.2, 0.25) is 0 Å². The molecule has 0 amide bonds. The SMILES string of the molecule is NC(c1ccc(Br)o1)c1ccccc1Cl. The first-order chi connectivity index (χ1) is 7.18. The zero-order chi connectivity index (χ0) is 10.8. The minimum absolute atomic E-state index is 0.329. The van der Waals surface area contributed by atoms with Crippen LogP contribution >= 0.6 is 27.5 Å². The van der Waals surface area contributed by atoms with Crippen molar-refractivity contribution in [3.63, 3.8) is 0 Å². The van der Waals surface area contributed by atoms with Gasteiger partial charge in [0.15, 0.2) is 4.67 Å². The van der Waals surface area contributed by atoms with Crippen molar-refractivity contribution >= 4 is 27.5 Å². The van der Waals surface area contributed by atoms with Crippen LogP contribution in [0, 0.1) is 0 Å². The molecule has 0 bridgehead atoms. The summed E-state index contributed by atoms with van der Waals surface area (Å²) in [4.78, 5) is 0. The molecule has 1 atom stereocenters. The van der Waals surface area contributed by atoms with E-state index in [-0.39, 0.29) is 6.04 Å². The zero-order valence-corrected chi connectivity index (χ0v) is 10.1. The molecule has 1 aromatic heterocycles. The second kappa shape index (κ2) is 4.39. The average Bonchev–Trinajstić information content (AvgIpc) is 2.65. The molecule has 1 unspecified atom stereocenters. The molecule has 1 heterocycles. The minimum atomic E-state index is -0.329. The molecule has 15 heavy (non-hydrogen) atoms. The van der Waals surface area contributed by atoms with Gasteiger partial charge in [-0.25, -0.2) is 0 Å². The van der Waals surface area contributed by atoms with E-state index in [0.29, 0.717) is 15.5 Å². The Labute approximate surface area is 101 Å². The lowest BCUT2D eigenvalue weighted by Gasteiger charge is -2.10. The summed E-state index contributed by atoms with van der Waals surface area (Å²) < 4.78 is 6.05. The Morgan fingerprint density at radius 1 is 1.20 bits per heavy atom. The molecule has 0 saturated carbocycles. The largest absolute Gasteiger partial charge is 0.452 e. The van der Waals surface area contributed by atoms with Crippen LogP contribution in [0.25, 0.3) is 0 Å². The predicted octanol–water partition coefficient (Wildman–Crippen LogP) is 3.74. The van der Waals surface area contributed by atoms with Crippen molar-refractivity contribution in [2.24, 2.45) is 5.73 Å². The summed E-state index contributed by atoms with van der Waals surface area (Å²) in [6.07, 6.45) is 0. The molecular weight excluding hydrogens is 277 g/mol. The van der Waals surface area contributed by atoms with Crippen LogP contribution in [-0.4, -0.2) is 0 Å². The van der Waals surface area contributed by atoms with Crippen molar-refractivity contribution in [1.82, 2.24) is 0 Å². The fourth-order valence-corrected chi connectivity index (χ4v) is 1.95. The van der Waals surface area contributed by atoms with Gasteiger partial charge in [-0.3, -0.25) is 0 Å². The number of halogens is 2. The summed E-state index contributed by atoms with van der Waals surface area (Å²) in [5.74, 6) is 0.690. The van der Waals surface area contributed by atoms with Crippen LogP contribution in [0.5, 0.6) is 0 Å². The Morgan fingerprint density at radius 2 is 1.93 bits per heavy atom. The third-order valence-electron chi connectivity index (χ3n) is 2.14. The third-order valence-corrected chi connectivity index (χ3v) is 2.91. The number of nitrogens with two attached hydrogens (primary N) is 1. The topological polar surface area (TPSA) is 39.2 Å². The maximum atomic E-state index is 6.04. The van der Waals surface area contributed by atoms with Crippen LogP contribution in [0.15, 0.2) is 45.5 Å². The predicted molar refractivity (Wildman–Crippen MR) is 63.9 cm³/mol. The molecule has 1 aromatic carbocycles. The summed E-state index contributed by atoms with van der Waals surface area (Å²) in [6.45, 7) is 0. The number of hydrogen-bond acceptors (Lipinski definition) is 2. The van der Waals surface area contributed by atoms with Gasteiger partial charge in [0, 0.05) is 5.02 Å². The molecule has 0 aliphatic carbocycles. The van der Waals surface area contributed by atoms with Crippen molar-refractivity contribution < 1.29 is 4.42 Å². The number of hydrogen-bond donors (Lipinski definition) is 1. The highest BCUT2D eigenvalue weighted by molar-refractivity contribution is 9.10. The van der Waals surface area contributed by atoms with Crippen LogP contribution in [-0.2, 0) is 0 Å². The van der Waals surface area contributed by atoms with E-state index in [1.54, 1.807) is 0 Å². The fourth-order valence-electron chi connectivity index (χ4n) is 1.38. The minimum Gasteiger partial charge on any atom is -0.452 e. The van der Waals surface area contributed by atoms with E-state index >= 15 is 0 Å². The van der Waals surface area contributed by atoms with Crippen LogP contribution < -0.4 is 5.73 Å². The molecule has 0 spiro atoms. The Hall–Kier alpha value is -0.770. The molecule has 0 fully saturated rings. The van der Waals surface area contributed by atoms with E-state index in [4.69, 9.17) is 21.8 Å². The van der Waals surface area contributed by atoms with Crippen molar-refractivity contribution in [2.75, 3.05) is 0 Å². The molecule has 0 radical (unpaired) electrons. The summed E-state index contributed by atoms with van der Waals surface area (Å²) in [6, 6.07) is 10.8. The maximum absolute atomic E-state index is 6.04. The molecule has 0 aliphatic heterocycles. The maximum Gasteiger partial charge on any atom is 0.169 e. The van der Waals surface area contributed by atoms with Crippen LogP contribution in [0.2, 0.25) is 5.02 Å². The molecule has 0 aliphatic rings. The lowest BCUT2D eigenvalue weighted by molar-refractivity contribution is 0.470. The van der Waals surface area contributed by atoms with E-state index in [1.807, 2.05) is 36.4 Å².